The van der Waals surface area contributed by atoms with Crippen LogP contribution in [0.3, 0.4) is 0 Å². The molecule has 4 heteroatoms. The van der Waals surface area contributed by atoms with Gasteiger partial charge in [-0.25, -0.2) is 4.79 Å². The van der Waals surface area contributed by atoms with Crippen molar-refractivity contribution < 1.29 is 14.7 Å². The Morgan fingerprint density at radius 3 is 2.57 bits per heavy atom. The zero-order chi connectivity index (χ0) is 14.8. The van der Waals surface area contributed by atoms with E-state index in [4.69, 9.17) is 5.11 Å². The molecule has 1 saturated heterocycles. The van der Waals surface area contributed by atoms with Gasteiger partial charge in [-0.3, -0.25) is 4.79 Å². The van der Waals surface area contributed by atoms with Crippen LogP contribution in [-0.4, -0.2) is 35.0 Å². The summed E-state index contributed by atoms with van der Waals surface area (Å²) in [4.78, 5) is 25.1. The molecule has 2 aliphatic rings. The van der Waals surface area contributed by atoms with E-state index in [1.54, 1.807) is 24.3 Å². The second-order valence-corrected chi connectivity index (χ2v) is 5.96. The SMILES string of the molecule is O=C(O)/C=C/c1cccc(C(=O)N2CC3CCCC3C2)c1. The van der Waals surface area contributed by atoms with E-state index in [-0.39, 0.29) is 5.91 Å². The van der Waals surface area contributed by atoms with E-state index in [9.17, 15) is 9.59 Å². The predicted octanol–water partition coefficient (Wildman–Crippen LogP) is 2.66. The molecule has 2 atom stereocenters. The van der Waals surface area contributed by atoms with Crippen molar-refractivity contribution in [3.05, 3.63) is 41.5 Å². The lowest BCUT2D eigenvalue weighted by molar-refractivity contribution is -0.131. The Labute approximate surface area is 124 Å². The quantitative estimate of drug-likeness (QED) is 0.869. The van der Waals surface area contributed by atoms with E-state index in [1.165, 1.54) is 25.3 Å². The van der Waals surface area contributed by atoms with Gasteiger partial charge in [-0.2, -0.15) is 0 Å². The number of benzene rings is 1. The van der Waals surface area contributed by atoms with Crippen molar-refractivity contribution in [2.24, 2.45) is 11.8 Å². The van der Waals surface area contributed by atoms with Gasteiger partial charge in [0.2, 0.25) is 0 Å². The summed E-state index contributed by atoms with van der Waals surface area (Å²) in [6, 6.07) is 7.16. The van der Waals surface area contributed by atoms with Crippen molar-refractivity contribution in [3.8, 4) is 0 Å². The molecule has 0 bridgehead atoms. The summed E-state index contributed by atoms with van der Waals surface area (Å²) < 4.78 is 0. The van der Waals surface area contributed by atoms with Gasteiger partial charge < -0.3 is 10.0 Å². The van der Waals surface area contributed by atoms with Crippen LogP contribution >= 0.6 is 0 Å². The Balaban J connectivity index is 1.73. The van der Waals surface area contributed by atoms with Crippen molar-refractivity contribution >= 4 is 18.0 Å². The maximum absolute atomic E-state index is 12.6. The number of fused-ring (bicyclic) bond motifs is 1. The summed E-state index contributed by atoms with van der Waals surface area (Å²) in [7, 11) is 0. The Kier molecular flexibility index (Phi) is 3.78. The molecule has 1 amide bonds. The summed E-state index contributed by atoms with van der Waals surface area (Å²) in [5, 5.41) is 8.66. The summed E-state index contributed by atoms with van der Waals surface area (Å²) in [5.74, 6) is 0.446. The first-order valence-electron chi connectivity index (χ1n) is 7.44. The third kappa shape index (κ3) is 2.99. The number of hydrogen-bond donors (Lipinski definition) is 1. The zero-order valence-electron chi connectivity index (χ0n) is 11.9. The molecule has 1 aromatic rings. The molecule has 1 aliphatic carbocycles. The van der Waals surface area contributed by atoms with Crippen LogP contribution in [0.1, 0.15) is 35.2 Å². The van der Waals surface area contributed by atoms with Gasteiger partial charge in [0.05, 0.1) is 0 Å². The molecule has 0 spiro atoms. The number of carbonyl (C=O) groups is 2. The van der Waals surface area contributed by atoms with E-state index < -0.39 is 5.97 Å². The topological polar surface area (TPSA) is 57.6 Å². The fraction of sp³-hybridized carbons (Fsp3) is 0.412. The minimum atomic E-state index is -0.987. The molecular weight excluding hydrogens is 266 g/mol. The molecule has 1 saturated carbocycles. The number of hydrogen-bond acceptors (Lipinski definition) is 2. The first-order valence-corrected chi connectivity index (χ1v) is 7.44. The van der Waals surface area contributed by atoms with Crippen molar-refractivity contribution in [2.75, 3.05) is 13.1 Å². The smallest absolute Gasteiger partial charge is 0.328 e. The molecule has 110 valence electrons. The molecule has 2 unspecified atom stereocenters. The fourth-order valence-corrected chi connectivity index (χ4v) is 3.53. The number of carbonyl (C=O) groups excluding carboxylic acids is 1. The Hall–Kier alpha value is -2.10. The lowest BCUT2D eigenvalue weighted by Gasteiger charge is -2.17. The van der Waals surface area contributed by atoms with E-state index in [2.05, 4.69) is 0 Å². The molecule has 0 radical (unpaired) electrons. The number of amides is 1. The normalized spacial score (nSPS) is 24.5. The van der Waals surface area contributed by atoms with E-state index in [1.807, 2.05) is 4.90 Å². The number of rotatable bonds is 3. The van der Waals surface area contributed by atoms with E-state index >= 15 is 0 Å². The number of aliphatic carboxylic acids is 1. The summed E-state index contributed by atoms with van der Waals surface area (Å²) >= 11 is 0. The van der Waals surface area contributed by atoms with Crippen LogP contribution in [-0.2, 0) is 4.79 Å². The second kappa shape index (κ2) is 5.72. The largest absolute Gasteiger partial charge is 0.478 e. The van der Waals surface area contributed by atoms with Gasteiger partial charge >= 0.3 is 5.97 Å². The Bertz CT molecular complexity index is 581. The van der Waals surface area contributed by atoms with Crippen molar-refractivity contribution in [1.29, 1.82) is 0 Å². The number of carboxylic acids is 1. The van der Waals surface area contributed by atoms with E-state index in [0.717, 1.165) is 24.7 Å². The Morgan fingerprint density at radius 1 is 1.19 bits per heavy atom. The highest BCUT2D eigenvalue weighted by Gasteiger charge is 2.38. The van der Waals surface area contributed by atoms with Crippen LogP contribution in [0.5, 0.6) is 0 Å². The zero-order valence-corrected chi connectivity index (χ0v) is 11.9. The maximum atomic E-state index is 12.6. The van der Waals surface area contributed by atoms with Gasteiger partial charge in [0.15, 0.2) is 0 Å². The van der Waals surface area contributed by atoms with Gasteiger partial charge in [-0.1, -0.05) is 18.6 Å². The molecular formula is C17H19NO3. The van der Waals surface area contributed by atoms with E-state index in [0.29, 0.717) is 17.4 Å². The lowest BCUT2D eigenvalue weighted by Crippen LogP contribution is -2.29. The Morgan fingerprint density at radius 2 is 1.90 bits per heavy atom. The van der Waals surface area contributed by atoms with Gasteiger partial charge in [0, 0.05) is 24.7 Å². The highest BCUT2D eigenvalue weighted by molar-refractivity contribution is 5.95. The van der Waals surface area contributed by atoms with Gasteiger partial charge in [-0.05, 0) is 48.4 Å². The molecule has 3 rings (SSSR count). The van der Waals surface area contributed by atoms with Crippen LogP contribution in [0.25, 0.3) is 6.08 Å². The van der Waals surface area contributed by atoms with Crippen molar-refractivity contribution in [1.82, 2.24) is 4.90 Å². The van der Waals surface area contributed by atoms with Gasteiger partial charge in [-0.15, -0.1) is 0 Å². The average Bonchev–Trinajstić information content (AvgIpc) is 3.06. The third-order valence-electron chi connectivity index (χ3n) is 4.57. The molecule has 1 heterocycles. The number of carboxylic acid groups (broad SMARTS) is 1. The van der Waals surface area contributed by atoms with Crippen molar-refractivity contribution in [2.45, 2.75) is 19.3 Å². The highest BCUT2D eigenvalue weighted by atomic mass is 16.4. The van der Waals surface area contributed by atoms with Crippen LogP contribution in [0.15, 0.2) is 30.3 Å². The third-order valence-corrected chi connectivity index (χ3v) is 4.57. The molecule has 21 heavy (non-hydrogen) atoms. The molecule has 1 aromatic carbocycles. The average molecular weight is 285 g/mol. The first kappa shape index (κ1) is 13.9. The number of nitrogens with zero attached hydrogens (tertiary/aromatic N) is 1. The number of likely N-dealkylation sites (tertiary alicyclic amines) is 1. The summed E-state index contributed by atoms with van der Waals surface area (Å²) in [6.45, 7) is 1.75. The predicted molar refractivity (Wildman–Crippen MR) is 79.8 cm³/mol. The molecule has 1 aliphatic heterocycles. The fourth-order valence-electron chi connectivity index (χ4n) is 3.53. The highest BCUT2D eigenvalue weighted by Crippen LogP contribution is 2.38. The molecule has 1 N–H and O–H groups in total. The second-order valence-electron chi connectivity index (χ2n) is 5.96. The van der Waals surface area contributed by atoms with Crippen LogP contribution in [0.4, 0.5) is 0 Å². The van der Waals surface area contributed by atoms with Crippen molar-refractivity contribution in [3.63, 3.8) is 0 Å². The lowest BCUT2D eigenvalue weighted by atomic mass is 10.0. The monoisotopic (exact) mass is 285 g/mol. The molecule has 0 aromatic heterocycles. The first-order chi connectivity index (χ1) is 10.1. The minimum absolute atomic E-state index is 0.0648. The molecule has 2 fully saturated rings. The van der Waals surface area contributed by atoms with Gasteiger partial charge in [0.25, 0.3) is 5.91 Å². The maximum Gasteiger partial charge on any atom is 0.328 e. The minimum Gasteiger partial charge on any atom is -0.478 e. The molecule has 4 nitrogen and oxygen atoms in total. The van der Waals surface area contributed by atoms with Crippen LogP contribution < -0.4 is 0 Å². The summed E-state index contributed by atoms with van der Waals surface area (Å²) in [6.07, 6.45) is 6.39. The van der Waals surface area contributed by atoms with Gasteiger partial charge in [0.1, 0.15) is 0 Å². The van der Waals surface area contributed by atoms with Crippen LogP contribution in [0, 0.1) is 11.8 Å². The standard InChI is InChI=1S/C17H19NO3/c19-16(20)8-7-12-3-1-4-13(9-12)17(21)18-10-14-5-2-6-15(14)11-18/h1,3-4,7-9,14-15H,2,5-6,10-11H2,(H,19,20)/b8-7+. The van der Waals surface area contributed by atoms with Crippen LogP contribution in [0.2, 0.25) is 0 Å². The summed E-state index contributed by atoms with van der Waals surface area (Å²) in [5.41, 5.74) is 1.38.